The molecule has 1 aromatic carbocycles. The molecule has 1 N–H and O–H groups in total. The molecule has 1 amide bonds. The van der Waals surface area contributed by atoms with E-state index in [2.05, 4.69) is 15.5 Å². The smallest absolute Gasteiger partial charge is 0.308 e. The summed E-state index contributed by atoms with van der Waals surface area (Å²) in [6.07, 6.45) is -0.0698. The maximum Gasteiger partial charge on any atom is 0.308 e. The molecule has 1 aromatic heterocycles. The summed E-state index contributed by atoms with van der Waals surface area (Å²) in [6.45, 7) is 3.34. The minimum atomic E-state index is -0.358. The first-order valence-corrected chi connectivity index (χ1v) is 7.40. The molecule has 0 fully saturated rings. The summed E-state index contributed by atoms with van der Waals surface area (Å²) in [5, 5.41) is 6.41. The SMILES string of the molecule is COc1ccccc1NC(=O)Cc1noc(COC(=O)C(C)C)n1. The van der Waals surface area contributed by atoms with Gasteiger partial charge in [-0.25, -0.2) is 0 Å². The molecule has 128 valence electrons. The molecule has 0 aliphatic carbocycles. The lowest BCUT2D eigenvalue weighted by molar-refractivity contribution is -0.149. The van der Waals surface area contributed by atoms with E-state index in [0.717, 1.165) is 0 Å². The first-order chi connectivity index (χ1) is 11.5. The highest BCUT2D eigenvalue weighted by Crippen LogP contribution is 2.23. The number of carbonyl (C=O) groups is 2. The van der Waals surface area contributed by atoms with Gasteiger partial charge in [0, 0.05) is 0 Å². The number of anilines is 1. The number of para-hydroxylation sites is 2. The number of hydrogen-bond donors (Lipinski definition) is 1. The molecule has 2 aromatic rings. The third kappa shape index (κ3) is 4.80. The zero-order chi connectivity index (χ0) is 17.5. The van der Waals surface area contributed by atoms with Crippen molar-refractivity contribution in [2.45, 2.75) is 26.9 Å². The van der Waals surface area contributed by atoms with E-state index in [0.29, 0.717) is 11.4 Å². The highest BCUT2D eigenvalue weighted by molar-refractivity contribution is 5.93. The van der Waals surface area contributed by atoms with Crippen LogP contribution in [0.3, 0.4) is 0 Å². The number of esters is 1. The van der Waals surface area contributed by atoms with Gasteiger partial charge < -0.3 is 19.3 Å². The number of amides is 1. The zero-order valence-electron chi connectivity index (χ0n) is 13.7. The standard InChI is InChI=1S/C16H19N3O5/c1-10(2)16(21)23-9-15-18-13(19-24-15)8-14(20)17-11-6-4-5-7-12(11)22-3/h4-7,10H,8-9H2,1-3H3,(H,17,20). The van der Waals surface area contributed by atoms with E-state index in [4.69, 9.17) is 14.0 Å². The van der Waals surface area contributed by atoms with Gasteiger partial charge in [-0.05, 0) is 12.1 Å². The first kappa shape index (κ1) is 17.5. The highest BCUT2D eigenvalue weighted by atomic mass is 16.6. The van der Waals surface area contributed by atoms with Crippen LogP contribution < -0.4 is 10.1 Å². The third-order valence-electron chi connectivity index (χ3n) is 3.02. The molecule has 2 rings (SSSR count). The molecule has 0 saturated carbocycles. The number of hydrogen-bond acceptors (Lipinski definition) is 7. The van der Waals surface area contributed by atoms with Crippen molar-refractivity contribution in [1.29, 1.82) is 0 Å². The highest BCUT2D eigenvalue weighted by Gasteiger charge is 2.15. The number of methoxy groups -OCH3 is 1. The van der Waals surface area contributed by atoms with Crippen molar-refractivity contribution in [2.75, 3.05) is 12.4 Å². The predicted molar refractivity (Wildman–Crippen MR) is 84.3 cm³/mol. The largest absolute Gasteiger partial charge is 0.495 e. The van der Waals surface area contributed by atoms with Crippen LogP contribution in [0.15, 0.2) is 28.8 Å². The minimum absolute atomic E-state index is 0.0698. The molecular weight excluding hydrogens is 314 g/mol. The van der Waals surface area contributed by atoms with Crippen LogP contribution in [0.1, 0.15) is 25.6 Å². The number of nitrogens with one attached hydrogen (secondary N) is 1. The lowest BCUT2D eigenvalue weighted by Gasteiger charge is -2.08. The molecule has 0 unspecified atom stereocenters. The van der Waals surface area contributed by atoms with E-state index in [1.165, 1.54) is 7.11 Å². The van der Waals surface area contributed by atoms with Crippen LogP contribution in [-0.2, 0) is 27.4 Å². The quantitative estimate of drug-likeness (QED) is 0.772. The lowest BCUT2D eigenvalue weighted by Crippen LogP contribution is -2.16. The molecule has 0 bridgehead atoms. The molecule has 24 heavy (non-hydrogen) atoms. The summed E-state index contributed by atoms with van der Waals surface area (Å²) in [4.78, 5) is 27.4. The molecule has 8 nitrogen and oxygen atoms in total. The topological polar surface area (TPSA) is 104 Å². The average molecular weight is 333 g/mol. The van der Waals surface area contributed by atoms with Gasteiger partial charge in [-0.2, -0.15) is 4.98 Å². The summed E-state index contributed by atoms with van der Waals surface area (Å²) < 4.78 is 15.1. The van der Waals surface area contributed by atoms with Crippen molar-refractivity contribution in [1.82, 2.24) is 10.1 Å². The van der Waals surface area contributed by atoms with E-state index in [9.17, 15) is 9.59 Å². The van der Waals surface area contributed by atoms with E-state index < -0.39 is 0 Å². The fourth-order valence-corrected chi connectivity index (χ4v) is 1.81. The molecule has 0 aliphatic heterocycles. The summed E-state index contributed by atoms with van der Waals surface area (Å²) in [6, 6.07) is 7.06. The van der Waals surface area contributed by atoms with Gasteiger partial charge in [0.05, 0.1) is 25.1 Å². The number of nitrogens with zero attached hydrogens (tertiary/aromatic N) is 2. The second kappa shape index (κ2) is 8.09. The first-order valence-electron chi connectivity index (χ1n) is 7.40. The fourth-order valence-electron chi connectivity index (χ4n) is 1.81. The van der Waals surface area contributed by atoms with Crippen LogP contribution in [0, 0.1) is 5.92 Å². The predicted octanol–water partition coefficient (Wildman–Crippen LogP) is 1.96. The number of ether oxygens (including phenoxy) is 2. The Morgan fingerprint density at radius 1 is 1.29 bits per heavy atom. The van der Waals surface area contributed by atoms with Gasteiger partial charge >= 0.3 is 5.97 Å². The number of benzene rings is 1. The molecule has 8 heteroatoms. The second-order valence-corrected chi connectivity index (χ2v) is 5.29. The van der Waals surface area contributed by atoms with Gasteiger partial charge in [-0.1, -0.05) is 31.1 Å². The molecule has 0 aliphatic rings. The Morgan fingerprint density at radius 2 is 2.04 bits per heavy atom. The Morgan fingerprint density at radius 3 is 2.75 bits per heavy atom. The maximum absolute atomic E-state index is 12.0. The third-order valence-corrected chi connectivity index (χ3v) is 3.02. The lowest BCUT2D eigenvalue weighted by atomic mass is 10.2. The number of rotatable bonds is 7. The Balaban J connectivity index is 1.89. The Labute approximate surface area is 139 Å². The van der Waals surface area contributed by atoms with Gasteiger partial charge in [-0.15, -0.1) is 0 Å². The van der Waals surface area contributed by atoms with Crippen molar-refractivity contribution < 1.29 is 23.6 Å². The van der Waals surface area contributed by atoms with E-state index >= 15 is 0 Å². The van der Waals surface area contributed by atoms with Crippen molar-refractivity contribution >= 4 is 17.6 Å². The van der Waals surface area contributed by atoms with Gasteiger partial charge in [0.2, 0.25) is 5.91 Å². The zero-order valence-corrected chi connectivity index (χ0v) is 13.7. The molecular formula is C16H19N3O5. The van der Waals surface area contributed by atoms with Gasteiger partial charge in [0.15, 0.2) is 12.4 Å². The van der Waals surface area contributed by atoms with Crippen LogP contribution in [0.5, 0.6) is 5.75 Å². The summed E-state index contributed by atoms with van der Waals surface area (Å²) >= 11 is 0. The van der Waals surface area contributed by atoms with Crippen molar-refractivity contribution in [3.63, 3.8) is 0 Å². The number of aromatic nitrogens is 2. The Bertz CT molecular complexity index is 711. The van der Waals surface area contributed by atoms with Crippen LogP contribution >= 0.6 is 0 Å². The molecule has 1 heterocycles. The van der Waals surface area contributed by atoms with Gasteiger partial charge in [0.1, 0.15) is 5.75 Å². The summed E-state index contributed by atoms with van der Waals surface area (Å²) in [5.74, 6) is -0.00366. The Kier molecular flexibility index (Phi) is 5.89. The monoisotopic (exact) mass is 333 g/mol. The molecule has 0 radical (unpaired) electrons. The van der Waals surface area contributed by atoms with Gasteiger partial charge in [-0.3, -0.25) is 9.59 Å². The van der Waals surface area contributed by atoms with Crippen molar-refractivity contribution in [2.24, 2.45) is 5.92 Å². The van der Waals surface area contributed by atoms with E-state index in [-0.39, 0.29) is 42.5 Å². The normalized spacial score (nSPS) is 10.5. The number of carbonyl (C=O) groups excluding carboxylic acids is 2. The molecule has 0 saturated heterocycles. The summed E-state index contributed by atoms with van der Waals surface area (Å²) in [5.41, 5.74) is 0.555. The fraction of sp³-hybridized carbons (Fsp3) is 0.375. The molecule has 0 spiro atoms. The summed E-state index contributed by atoms with van der Waals surface area (Å²) in [7, 11) is 1.52. The molecule has 0 atom stereocenters. The minimum Gasteiger partial charge on any atom is -0.495 e. The van der Waals surface area contributed by atoms with E-state index in [1.54, 1.807) is 38.1 Å². The van der Waals surface area contributed by atoms with Crippen LogP contribution in [0.4, 0.5) is 5.69 Å². The maximum atomic E-state index is 12.0. The van der Waals surface area contributed by atoms with Crippen molar-refractivity contribution in [3.8, 4) is 5.75 Å². The van der Waals surface area contributed by atoms with E-state index in [1.807, 2.05) is 0 Å². The van der Waals surface area contributed by atoms with Crippen molar-refractivity contribution in [3.05, 3.63) is 36.0 Å². The Hall–Kier alpha value is -2.90. The van der Waals surface area contributed by atoms with Gasteiger partial charge in [0.25, 0.3) is 5.89 Å². The van der Waals surface area contributed by atoms with Crippen LogP contribution in [0.2, 0.25) is 0 Å². The van der Waals surface area contributed by atoms with Crippen LogP contribution in [-0.4, -0.2) is 29.1 Å². The average Bonchev–Trinajstić information content (AvgIpc) is 3.00. The van der Waals surface area contributed by atoms with Crippen LogP contribution in [0.25, 0.3) is 0 Å². The second-order valence-electron chi connectivity index (χ2n) is 5.29.